The summed E-state index contributed by atoms with van der Waals surface area (Å²) in [6, 6.07) is 10.7. The van der Waals surface area contributed by atoms with E-state index >= 15 is 0 Å². The molecule has 1 aromatic carbocycles. The molecule has 0 saturated heterocycles. The smallest absolute Gasteiger partial charge is 0.0953 e. The molecule has 0 spiro atoms. The molecule has 1 N–H and O–H groups in total. The average Bonchev–Trinajstić information content (AvgIpc) is 2.84. The third kappa shape index (κ3) is 2.50. The fraction of sp³-hybridized carbons (Fsp3) is 0.286. The third-order valence-electron chi connectivity index (χ3n) is 2.91. The van der Waals surface area contributed by atoms with E-state index in [1.165, 1.54) is 11.3 Å². The van der Waals surface area contributed by atoms with E-state index in [0.29, 0.717) is 0 Å². The Morgan fingerprint density at radius 1 is 1.06 bits per heavy atom. The second-order valence-electron chi connectivity index (χ2n) is 4.26. The van der Waals surface area contributed by atoms with Crippen molar-refractivity contribution in [1.29, 1.82) is 0 Å². The minimum atomic E-state index is 0.185. The highest BCUT2D eigenvalue weighted by Crippen LogP contribution is 2.23. The van der Waals surface area contributed by atoms with Crippen LogP contribution in [-0.2, 0) is 0 Å². The van der Waals surface area contributed by atoms with Crippen LogP contribution in [0.5, 0.6) is 0 Å². The predicted molar refractivity (Wildman–Crippen MR) is 70.4 cm³/mol. The Labute approximate surface area is 102 Å². The number of anilines is 1. The molecule has 0 aliphatic heterocycles. The van der Waals surface area contributed by atoms with Gasteiger partial charge in [-0.2, -0.15) is 0 Å². The van der Waals surface area contributed by atoms with Gasteiger partial charge < -0.3 is 14.6 Å². The fourth-order valence-corrected chi connectivity index (χ4v) is 1.93. The second-order valence-corrected chi connectivity index (χ2v) is 4.26. The summed E-state index contributed by atoms with van der Waals surface area (Å²) in [5, 5.41) is 3.30. The summed E-state index contributed by atoms with van der Waals surface area (Å²) in [4.78, 5) is 2.09. The van der Waals surface area contributed by atoms with Gasteiger partial charge in [0.1, 0.15) is 0 Å². The molecule has 0 saturated carbocycles. The van der Waals surface area contributed by atoms with Crippen LogP contribution in [0.4, 0.5) is 5.69 Å². The molecule has 0 aliphatic rings. The number of nitrogens with one attached hydrogen (secondary N) is 1. The molecule has 2 rings (SSSR count). The van der Waals surface area contributed by atoms with Gasteiger partial charge in [-0.1, -0.05) is 12.1 Å². The topological polar surface area (TPSA) is 28.4 Å². The Morgan fingerprint density at radius 2 is 1.76 bits per heavy atom. The quantitative estimate of drug-likeness (QED) is 0.875. The Balaban J connectivity index is 2.26. The van der Waals surface area contributed by atoms with E-state index in [9.17, 15) is 0 Å². The van der Waals surface area contributed by atoms with Crippen molar-refractivity contribution in [3.8, 4) is 0 Å². The standard InChI is InChI=1S/C14H18N2O/c1-15-14(12-8-9-17-10-12)11-4-6-13(7-5-11)16(2)3/h4-10,14-15H,1-3H3. The summed E-state index contributed by atoms with van der Waals surface area (Å²) in [6.45, 7) is 0. The van der Waals surface area contributed by atoms with Crippen molar-refractivity contribution in [1.82, 2.24) is 5.32 Å². The number of rotatable bonds is 4. The molecule has 17 heavy (non-hydrogen) atoms. The molecule has 1 aromatic heterocycles. The van der Waals surface area contributed by atoms with Gasteiger partial charge >= 0.3 is 0 Å². The molecule has 3 heteroatoms. The van der Waals surface area contributed by atoms with Crippen molar-refractivity contribution in [2.75, 3.05) is 26.0 Å². The highest BCUT2D eigenvalue weighted by atomic mass is 16.3. The average molecular weight is 230 g/mol. The first kappa shape index (κ1) is 11.7. The zero-order valence-electron chi connectivity index (χ0n) is 10.5. The van der Waals surface area contributed by atoms with Gasteiger partial charge in [0, 0.05) is 25.3 Å². The fourth-order valence-electron chi connectivity index (χ4n) is 1.93. The van der Waals surface area contributed by atoms with Gasteiger partial charge in [0.2, 0.25) is 0 Å². The van der Waals surface area contributed by atoms with Crippen LogP contribution in [0.2, 0.25) is 0 Å². The summed E-state index contributed by atoms with van der Waals surface area (Å²) in [7, 11) is 6.04. The highest BCUT2D eigenvalue weighted by Gasteiger charge is 2.12. The molecule has 1 heterocycles. The molecule has 0 fully saturated rings. The van der Waals surface area contributed by atoms with Crippen LogP contribution in [0.1, 0.15) is 17.2 Å². The Bertz CT molecular complexity index is 446. The number of benzene rings is 1. The molecule has 2 aromatic rings. The van der Waals surface area contributed by atoms with Crippen LogP contribution < -0.4 is 10.2 Å². The summed E-state index contributed by atoms with van der Waals surface area (Å²) in [5.74, 6) is 0. The number of furan rings is 1. The molecule has 0 amide bonds. The minimum Gasteiger partial charge on any atom is -0.472 e. The SMILES string of the molecule is CNC(c1ccc(N(C)C)cc1)c1ccoc1. The molecule has 1 unspecified atom stereocenters. The zero-order valence-corrected chi connectivity index (χ0v) is 10.5. The summed E-state index contributed by atoms with van der Waals surface area (Å²) in [6.07, 6.45) is 3.48. The molecule has 90 valence electrons. The van der Waals surface area contributed by atoms with Gasteiger partial charge in [-0.3, -0.25) is 0 Å². The monoisotopic (exact) mass is 230 g/mol. The maximum Gasteiger partial charge on any atom is 0.0953 e. The van der Waals surface area contributed by atoms with Gasteiger partial charge in [0.15, 0.2) is 0 Å². The number of nitrogens with zero attached hydrogens (tertiary/aromatic N) is 1. The second kappa shape index (κ2) is 5.06. The van der Waals surface area contributed by atoms with Gasteiger partial charge in [-0.25, -0.2) is 0 Å². The Kier molecular flexibility index (Phi) is 3.49. The highest BCUT2D eigenvalue weighted by molar-refractivity contribution is 5.47. The normalized spacial score (nSPS) is 12.4. The lowest BCUT2D eigenvalue weighted by Crippen LogP contribution is -2.17. The summed E-state index contributed by atoms with van der Waals surface area (Å²) in [5.41, 5.74) is 3.58. The Hall–Kier alpha value is -1.74. The lowest BCUT2D eigenvalue weighted by Gasteiger charge is -2.17. The van der Waals surface area contributed by atoms with Crippen molar-refractivity contribution in [3.05, 3.63) is 54.0 Å². The van der Waals surface area contributed by atoms with Gasteiger partial charge in [0.05, 0.1) is 18.6 Å². The van der Waals surface area contributed by atoms with E-state index in [0.717, 1.165) is 5.56 Å². The number of hydrogen-bond donors (Lipinski definition) is 1. The van der Waals surface area contributed by atoms with E-state index in [1.807, 2.05) is 27.2 Å². The summed E-state index contributed by atoms with van der Waals surface area (Å²) >= 11 is 0. The maximum atomic E-state index is 5.13. The van der Waals surface area contributed by atoms with Crippen LogP contribution in [0.15, 0.2) is 47.3 Å². The minimum absolute atomic E-state index is 0.185. The molecule has 1 atom stereocenters. The third-order valence-corrected chi connectivity index (χ3v) is 2.91. The molecule has 0 radical (unpaired) electrons. The molecule has 0 bridgehead atoms. The van der Waals surface area contributed by atoms with E-state index in [-0.39, 0.29) is 6.04 Å². The van der Waals surface area contributed by atoms with E-state index < -0.39 is 0 Å². The number of hydrogen-bond acceptors (Lipinski definition) is 3. The molecule has 0 aliphatic carbocycles. The van der Waals surface area contributed by atoms with Gasteiger partial charge in [-0.15, -0.1) is 0 Å². The van der Waals surface area contributed by atoms with Crippen molar-refractivity contribution in [2.45, 2.75) is 6.04 Å². The van der Waals surface area contributed by atoms with Crippen molar-refractivity contribution in [2.24, 2.45) is 0 Å². The molecular weight excluding hydrogens is 212 g/mol. The summed E-state index contributed by atoms with van der Waals surface area (Å²) < 4.78 is 5.13. The largest absolute Gasteiger partial charge is 0.472 e. The van der Waals surface area contributed by atoms with Gasteiger partial charge in [-0.05, 0) is 30.8 Å². The predicted octanol–water partition coefficient (Wildman–Crippen LogP) is 2.65. The lowest BCUT2D eigenvalue weighted by molar-refractivity contribution is 0.557. The van der Waals surface area contributed by atoms with Gasteiger partial charge in [0.25, 0.3) is 0 Å². The molecular formula is C14H18N2O. The first-order chi connectivity index (χ1) is 8.22. The van der Waals surface area contributed by atoms with Crippen LogP contribution >= 0.6 is 0 Å². The van der Waals surface area contributed by atoms with Crippen LogP contribution in [0.3, 0.4) is 0 Å². The van der Waals surface area contributed by atoms with Crippen LogP contribution in [0.25, 0.3) is 0 Å². The van der Waals surface area contributed by atoms with Crippen LogP contribution in [-0.4, -0.2) is 21.1 Å². The van der Waals surface area contributed by atoms with E-state index in [1.54, 1.807) is 12.5 Å². The van der Waals surface area contributed by atoms with E-state index in [4.69, 9.17) is 4.42 Å². The molecule has 3 nitrogen and oxygen atoms in total. The lowest BCUT2D eigenvalue weighted by atomic mass is 10.0. The van der Waals surface area contributed by atoms with Crippen molar-refractivity contribution < 1.29 is 4.42 Å². The van der Waals surface area contributed by atoms with Crippen LogP contribution in [0, 0.1) is 0 Å². The first-order valence-corrected chi connectivity index (χ1v) is 5.69. The maximum absolute atomic E-state index is 5.13. The van der Waals surface area contributed by atoms with E-state index in [2.05, 4.69) is 34.5 Å². The Morgan fingerprint density at radius 3 is 2.24 bits per heavy atom. The first-order valence-electron chi connectivity index (χ1n) is 5.69. The van der Waals surface area contributed by atoms with Crippen molar-refractivity contribution >= 4 is 5.69 Å². The van der Waals surface area contributed by atoms with Crippen molar-refractivity contribution in [3.63, 3.8) is 0 Å². The zero-order chi connectivity index (χ0) is 12.3.